The van der Waals surface area contributed by atoms with Crippen molar-refractivity contribution in [3.8, 4) is 17.6 Å². The van der Waals surface area contributed by atoms with E-state index in [4.69, 9.17) is 9.68 Å². The van der Waals surface area contributed by atoms with Crippen molar-refractivity contribution in [2.75, 3.05) is 6.26 Å². The van der Waals surface area contributed by atoms with Crippen molar-refractivity contribution in [3.63, 3.8) is 0 Å². The Morgan fingerprint density at radius 2 is 1.92 bits per heavy atom. The monoisotopic (exact) mass is 364 g/mol. The molecular formula is C20H20N4OS. The van der Waals surface area contributed by atoms with Crippen LogP contribution in [-0.4, -0.2) is 16.4 Å². The Bertz CT molecular complexity index is 991. The Kier molecular flexibility index (Phi) is 5.01. The van der Waals surface area contributed by atoms with Crippen LogP contribution in [0.15, 0.2) is 51.9 Å². The molecule has 3 rings (SSSR count). The van der Waals surface area contributed by atoms with E-state index >= 15 is 0 Å². The first-order valence-corrected chi connectivity index (χ1v) is 9.42. The van der Waals surface area contributed by atoms with Gasteiger partial charge in [0.25, 0.3) is 0 Å². The lowest BCUT2D eigenvalue weighted by Crippen LogP contribution is -2.12. The second-order valence-electron chi connectivity index (χ2n) is 6.86. The fourth-order valence-electron chi connectivity index (χ4n) is 2.51. The van der Waals surface area contributed by atoms with E-state index in [0.717, 1.165) is 11.1 Å². The minimum Gasteiger partial charge on any atom is -0.436 e. The number of fused-ring (bicyclic) bond motifs is 1. The van der Waals surface area contributed by atoms with Gasteiger partial charge in [-0.15, -0.1) is 0 Å². The summed E-state index contributed by atoms with van der Waals surface area (Å²) < 4.78 is 5.92. The third-order valence-electron chi connectivity index (χ3n) is 3.96. The summed E-state index contributed by atoms with van der Waals surface area (Å²) in [5.74, 6) is 0.585. The number of nitriles is 1. The highest BCUT2D eigenvalue weighted by Crippen LogP contribution is 2.29. The molecule has 0 spiro atoms. The molecule has 0 fully saturated rings. The van der Waals surface area contributed by atoms with Crippen molar-refractivity contribution in [1.82, 2.24) is 10.3 Å². The Hall–Kier alpha value is -2.78. The van der Waals surface area contributed by atoms with Gasteiger partial charge in [0, 0.05) is 11.6 Å². The predicted octanol–water partition coefficient (Wildman–Crippen LogP) is 5.21. The van der Waals surface area contributed by atoms with Crippen LogP contribution in [0.3, 0.4) is 0 Å². The van der Waals surface area contributed by atoms with Gasteiger partial charge in [0.2, 0.25) is 5.89 Å². The molecule has 3 aromatic rings. The van der Waals surface area contributed by atoms with Crippen LogP contribution in [0.5, 0.6) is 0 Å². The van der Waals surface area contributed by atoms with Crippen LogP contribution in [0.4, 0.5) is 5.69 Å². The third kappa shape index (κ3) is 3.89. The van der Waals surface area contributed by atoms with Gasteiger partial charge in [0.05, 0.1) is 5.69 Å². The molecule has 0 unspecified atom stereocenters. The summed E-state index contributed by atoms with van der Waals surface area (Å²) in [4.78, 5) is 8.96. The van der Waals surface area contributed by atoms with Crippen LogP contribution in [-0.2, 0) is 5.41 Å². The van der Waals surface area contributed by atoms with Gasteiger partial charge in [-0.25, -0.2) is 9.98 Å². The van der Waals surface area contributed by atoms with Crippen LogP contribution in [0, 0.1) is 11.5 Å². The number of aliphatic imine (C=N–C) groups is 1. The number of rotatable bonds is 2. The maximum Gasteiger partial charge on any atom is 0.227 e. The van der Waals surface area contributed by atoms with Crippen molar-refractivity contribution < 1.29 is 4.42 Å². The van der Waals surface area contributed by atoms with Gasteiger partial charge >= 0.3 is 0 Å². The smallest absolute Gasteiger partial charge is 0.227 e. The number of amidine groups is 1. The summed E-state index contributed by atoms with van der Waals surface area (Å²) in [6, 6.07) is 13.8. The number of hydrogen-bond donors (Lipinski definition) is 1. The van der Waals surface area contributed by atoms with E-state index in [1.54, 1.807) is 0 Å². The summed E-state index contributed by atoms with van der Waals surface area (Å²) in [6.45, 7) is 6.56. The molecule has 0 saturated carbocycles. The van der Waals surface area contributed by atoms with E-state index in [2.05, 4.69) is 48.2 Å². The maximum atomic E-state index is 8.73. The van der Waals surface area contributed by atoms with Gasteiger partial charge in [-0.1, -0.05) is 44.7 Å². The zero-order valence-corrected chi connectivity index (χ0v) is 16.0. The predicted molar refractivity (Wildman–Crippen MR) is 108 cm³/mol. The number of aromatic nitrogens is 1. The van der Waals surface area contributed by atoms with Crippen LogP contribution in [0.1, 0.15) is 26.3 Å². The molecule has 1 heterocycles. The third-order valence-corrected chi connectivity index (χ3v) is 4.54. The van der Waals surface area contributed by atoms with Crippen molar-refractivity contribution in [1.29, 1.82) is 5.26 Å². The van der Waals surface area contributed by atoms with E-state index in [1.165, 1.54) is 17.3 Å². The minimum atomic E-state index is 0.110. The van der Waals surface area contributed by atoms with Gasteiger partial charge in [-0.05, 0) is 41.5 Å². The summed E-state index contributed by atoms with van der Waals surface area (Å²) in [5.41, 5.74) is 4.46. The molecule has 0 bridgehead atoms. The molecule has 1 N–H and O–H groups in total. The standard InChI is InChI=1S/C20H20N4OS/c1-20(2,3)14-7-5-13(6-8-14)18-24-16-10-9-15(11-17(16)25-18)23-19(26-4)22-12-21/h5-11H,1-4H3,(H,22,23). The molecule has 0 radical (unpaired) electrons. The van der Waals surface area contributed by atoms with E-state index in [9.17, 15) is 0 Å². The van der Waals surface area contributed by atoms with Crippen LogP contribution in [0.25, 0.3) is 22.6 Å². The molecule has 6 heteroatoms. The summed E-state index contributed by atoms with van der Waals surface area (Å²) in [7, 11) is 0. The Balaban J connectivity index is 1.94. The molecule has 0 aliphatic rings. The molecule has 132 valence electrons. The number of nitrogens with zero attached hydrogens (tertiary/aromatic N) is 3. The van der Waals surface area contributed by atoms with Crippen LogP contribution < -0.4 is 5.32 Å². The normalized spacial score (nSPS) is 12.2. The largest absolute Gasteiger partial charge is 0.436 e. The number of benzene rings is 2. The first kappa shape index (κ1) is 18.0. The topological polar surface area (TPSA) is 74.2 Å². The average molecular weight is 364 g/mol. The molecule has 0 saturated heterocycles. The van der Waals surface area contributed by atoms with E-state index in [0.29, 0.717) is 22.3 Å². The molecule has 5 nitrogen and oxygen atoms in total. The van der Waals surface area contributed by atoms with E-state index < -0.39 is 0 Å². The van der Waals surface area contributed by atoms with Gasteiger partial charge in [0.15, 0.2) is 16.9 Å². The highest BCUT2D eigenvalue weighted by atomic mass is 32.2. The first-order valence-electron chi connectivity index (χ1n) is 8.20. The van der Waals surface area contributed by atoms with Crippen molar-refractivity contribution in [2.24, 2.45) is 4.99 Å². The minimum absolute atomic E-state index is 0.110. The molecule has 26 heavy (non-hydrogen) atoms. The zero-order valence-electron chi connectivity index (χ0n) is 15.2. The first-order chi connectivity index (χ1) is 12.4. The average Bonchev–Trinajstić information content (AvgIpc) is 3.04. The highest BCUT2D eigenvalue weighted by Gasteiger charge is 2.14. The molecular weight excluding hydrogens is 344 g/mol. The molecule has 0 amide bonds. The number of thioether (sulfide) groups is 1. The summed E-state index contributed by atoms with van der Waals surface area (Å²) in [5, 5.41) is 11.8. The maximum absolute atomic E-state index is 8.73. The Labute approximate surface area is 157 Å². The van der Waals surface area contributed by atoms with Gasteiger partial charge in [-0.2, -0.15) is 5.26 Å². The van der Waals surface area contributed by atoms with Crippen LogP contribution in [0.2, 0.25) is 0 Å². The SMILES string of the molecule is CSC(=Nc1ccc2nc(-c3ccc(C(C)(C)C)cc3)oc2c1)NC#N. The highest BCUT2D eigenvalue weighted by molar-refractivity contribution is 8.13. The summed E-state index contributed by atoms with van der Waals surface area (Å²) >= 11 is 1.37. The molecule has 0 atom stereocenters. The molecule has 2 aromatic carbocycles. The van der Waals surface area contributed by atoms with Gasteiger partial charge < -0.3 is 4.42 Å². The number of oxazole rings is 1. The fourth-order valence-corrected chi connectivity index (χ4v) is 2.85. The molecule has 0 aliphatic heterocycles. The second kappa shape index (κ2) is 7.22. The molecule has 0 aliphatic carbocycles. The van der Waals surface area contributed by atoms with E-state index in [1.807, 2.05) is 42.8 Å². The van der Waals surface area contributed by atoms with E-state index in [-0.39, 0.29) is 5.41 Å². The Morgan fingerprint density at radius 3 is 2.54 bits per heavy atom. The quantitative estimate of drug-likeness (QED) is 0.292. The van der Waals surface area contributed by atoms with Gasteiger partial charge in [0.1, 0.15) is 5.52 Å². The van der Waals surface area contributed by atoms with Crippen molar-refractivity contribution in [3.05, 3.63) is 48.0 Å². The number of hydrogen-bond acceptors (Lipinski definition) is 5. The van der Waals surface area contributed by atoms with Crippen molar-refractivity contribution >= 4 is 33.7 Å². The van der Waals surface area contributed by atoms with Crippen molar-refractivity contribution in [2.45, 2.75) is 26.2 Å². The lowest BCUT2D eigenvalue weighted by atomic mass is 9.87. The lowest BCUT2D eigenvalue weighted by Gasteiger charge is -2.18. The van der Waals surface area contributed by atoms with Crippen LogP contribution >= 0.6 is 11.8 Å². The lowest BCUT2D eigenvalue weighted by molar-refractivity contribution is 0.589. The fraction of sp³-hybridized carbons (Fsp3) is 0.250. The molecule has 1 aromatic heterocycles. The Morgan fingerprint density at radius 1 is 1.19 bits per heavy atom. The summed E-state index contributed by atoms with van der Waals surface area (Å²) in [6.07, 6.45) is 3.74. The zero-order chi connectivity index (χ0) is 18.7. The number of nitrogens with one attached hydrogen (secondary N) is 1. The second-order valence-corrected chi connectivity index (χ2v) is 7.65. The van der Waals surface area contributed by atoms with Gasteiger partial charge in [-0.3, -0.25) is 5.32 Å².